The number of carbonyl (C=O) groups is 2. The van der Waals surface area contributed by atoms with Crippen LogP contribution in [0.25, 0.3) is 0 Å². The lowest BCUT2D eigenvalue weighted by Crippen LogP contribution is -2.62. The average Bonchev–Trinajstić information content (AvgIpc) is 3.33. The highest BCUT2D eigenvalue weighted by atomic mass is 16.7. The molecule has 0 saturated carbocycles. The van der Waals surface area contributed by atoms with Gasteiger partial charge in [0, 0.05) is 37.5 Å². The maximum atomic E-state index is 13.1. The molecule has 22 heteroatoms. The fourth-order valence-corrected chi connectivity index (χ4v) is 9.75. The predicted molar refractivity (Wildman–Crippen MR) is 272 cm³/mol. The van der Waals surface area contributed by atoms with E-state index in [0.29, 0.717) is 0 Å². The van der Waals surface area contributed by atoms with Crippen molar-refractivity contribution in [2.24, 2.45) is 29.3 Å². The van der Waals surface area contributed by atoms with Crippen LogP contribution in [-0.4, -0.2) is 190 Å². The predicted octanol–water partition coefficient (Wildman–Crippen LogP) is -0.278. The maximum absolute atomic E-state index is 13.1. The summed E-state index contributed by atoms with van der Waals surface area (Å²) >= 11 is 0. The zero-order chi connectivity index (χ0) is 55.6. The highest BCUT2D eigenvalue weighted by Crippen LogP contribution is 2.38. The van der Waals surface area contributed by atoms with Gasteiger partial charge in [-0.3, -0.25) is 15.0 Å². The van der Waals surface area contributed by atoms with Gasteiger partial charge in [-0.25, -0.2) is 5.84 Å². The van der Waals surface area contributed by atoms with Gasteiger partial charge < -0.3 is 90.3 Å². The Morgan fingerprint density at radius 1 is 0.653 bits per heavy atom. The Hall–Kier alpha value is -3.34. The first-order chi connectivity index (χ1) is 35.4. The first-order valence-corrected chi connectivity index (χ1v) is 26.2. The minimum absolute atomic E-state index is 0.0227. The van der Waals surface area contributed by atoms with Crippen LogP contribution in [0.15, 0.2) is 72.9 Å². The third-order valence-corrected chi connectivity index (χ3v) is 14.3. The largest absolute Gasteiger partial charge is 0.462 e. The Morgan fingerprint density at radius 2 is 1.25 bits per heavy atom. The van der Waals surface area contributed by atoms with Crippen LogP contribution in [0.2, 0.25) is 0 Å². The first kappa shape index (κ1) is 64.2. The van der Waals surface area contributed by atoms with Gasteiger partial charge in [0.1, 0.15) is 18.3 Å². The highest BCUT2D eigenvalue weighted by Gasteiger charge is 2.51. The molecule has 0 aromatic rings. The zero-order valence-electron chi connectivity index (χ0n) is 43.7. The van der Waals surface area contributed by atoms with Crippen LogP contribution in [0.5, 0.6) is 0 Å². The molecule has 75 heavy (non-hydrogen) atoms. The number of ether oxygens (including phenoxy) is 6. The highest BCUT2D eigenvalue weighted by molar-refractivity contribution is 5.79. The van der Waals surface area contributed by atoms with E-state index in [4.69, 9.17) is 40.0 Å². The third kappa shape index (κ3) is 20.4. The van der Waals surface area contributed by atoms with E-state index >= 15 is 0 Å². The van der Waals surface area contributed by atoms with Crippen molar-refractivity contribution in [1.82, 2.24) is 5.43 Å². The standard InChI is InChI=1S/C53H87N3O19/c1-29-18-16-14-12-10-8-6-7-9-11-13-15-17-19-37(73-52-49(67)46(54)48(66)33(5)72-52)25-42-45(51(68)56-55)41(63)28-53(69,75-42)27-40(62)38(60)21-20-34(57)22-35(58)23-36(59)24-43(64)70-31(3)30(2)50(29)74-44-26-39(61)47(65)32(4)71-44/h6-7,9,11-19,29-42,44-50,52,57-63,65-67,69H,8,10,20-28,54-55H2,1-5H3,(H,56,68)/b7-6+,11-9+,14-12+,15-13+,18-16+,19-17+/t29-,30-,31-,32-,33+,34+,35+,36+,37-,38+,39+,40+,41-,42-,44?,45+,46-,47-,48+,49-,50+,52-,53+/m0/s1. The van der Waals surface area contributed by atoms with Crippen molar-refractivity contribution in [3.63, 3.8) is 0 Å². The number of amides is 1. The normalized spacial score (nSPS) is 46.0. The van der Waals surface area contributed by atoms with Crippen LogP contribution in [0.3, 0.4) is 0 Å². The van der Waals surface area contributed by atoms with Gasteiger partial charge >= 0.3 is 5.97 Å². The Kier molecular flexibility index (Phi) is 26.8. The van der Waals surface area contributed by atoms with Crippen molar-refractivity contribution in [2.45, 2.75) is 227 Å². The first-order valence-electron chi connectivity index (χ1n) is 26.2. The topological polar surface area (TPSA) is 376 Å². The van der Waals surface area contributed by atoms with Crippen LogP contribution >= 0.6 is 0 Å². The summed E-state index contributed by atoms with van der Waals surface area (Å²) in [6, 6.07) is -1.14. The number of fused-ring (bicyclic) bond motifs is 2. The van der Waals surface area contributed by atoms with Gasteiger partial charge in [0.25, 0.3) is 0 Å². The number of aliphatic hydroxyl groups is 11. The molecule has 1 unspecified atom stereocenters. The van der Waals surface area contributed by atoms with Gasteiger partial charge in [-0.1, -0.05) is 86.8 Å². The molecule has 4 aliphatic heterocycles. The Balaban J connectivity index is 1.56. The fourth-order valence-electron chi connectivity index (χ4n) is 9.75. The van der Waals surface area contributed by atoms with Crippen LogP contribution in [0.4, 0.5) is 0 Å². The number of hydrazine groups is 1. The quantitative estimate of drug-likeness (QED) is 0.0729. The number of esters is 1. The second-order valence-electron chi connectivity index (χ2n) is 20.7. The van der Waals surface area contributed by atoms with Crippen molar-refractivity contribution in [2.75, 3.05) is 0 Å². The van der Waals surface area contributed by atoms with E-state index in [1.807, 2.05) is 61.8 Å². The fraction of sp³-hybridized carbons (Fsp3) is 0.736. The van der Waals surface area contributed by atoms with Gasteiger partial charge in [-0.2, -0.15) is 0 Å². The summed E-state index contributed by atoms with van der Waals surface area (Å²) in [4.78, 5) is 26.2. The summed E-state index contributed by atoms with van der Waals surface area (Å²) in [6.07, 6.45) is -0.823. The van der Waals surface area contributed by atoms with Crippen molar-refractivity contribution >= 4 is 11.9 Å². The molecule has 4 aliphatic rings. The number of cyclic esters (lactones) is 1. The summed E-state index contributed by atoms with van der Waals surface area (Å²) < 4.78 is 36.0. The second-order valence-corrected chi connectivity index (χ2v) is 20.7. The average molecular weight is 1070 g/mol. The number of aliphatic hydroxyl groups excluding tert-OH is 10. The van der Waals surface area contributed by atoms with Gasteiger partial charge in [0.2, 0.25) is 5.91 Å². The third-order valence-electron chi connectivity index (χ3n) is 14.3. The molecule has 16 N–H and O–H groups in total. The second kappa shape index (κ2) is 31.3. The SMILES string of the molecule is C[C@@H]1[C@H](OC2C[C@@H](O)[C@@H](O)[C@H](C)O2)[C@@H](C)/C=C/C=C/CC/C=C/C=C/C=C/C=C/[C@H](O[C@@H]2O[C@H](C)[C@@H](O)[C@H](N)[C@@H]2O)C[C@@H]2O[C@](O)(C[C@@H](O)[C@H](O)CC[C@@H](O)C[C@@H](O)C[C@@H](O)CC(=O)O[C@H]1C)C[C@H](O)[C@H]2C(=O)NN. The molecule has 3 fully saturated rings. The van der Waals surface area contributed by atoms with Crippen LogP contribution in [0, 0.1) is 17.8 Å². The maximum Gasteiger partial charge on any atom is 0.308 e. The summed E-state index contributed by atoms with van der Waals surface area (Å²) in [5.41, 5.74) is 8.07. The lowest BCUT2D eigenvalue weighted by Gasteiger charge is -2.46. The van der Waals surface area contributed by atoms with Gasteiger partial charge in [0.15, 0.2) is 18.4 Å². The monoisotopic (exact) mass is 1070 g/mol. The summed E-state index contributed by atoms with van der Waals surface area (Å²) in [5.74, 6) is -0.494. The van der Waals surface area contributed by atoms with Crippen LogP contribution in [0.1, 0.15) is 105 Å². The number of rotatable bonds is 5. The van der Waals surface area contributed by atoms with E-state index in [1.54, 1.807) is 51.2 Å². The summed E-state index contributed by atoms with van der Waals surface area (Å²) in [5, 5.41) is 119. The van der Waals surface area contributed by atoms with Crippen molar-refractivity contribution < 1.29 is 94.2 Å². The number of carbonyl (C=O) groups excluding carboxylic acids is 2. The lowest BCUT2D eigenvalue weighted by molar-refractivity contribution is -0.308. The Labute approximate surface area is 439 Å². The summed E-state index contributed by atoms with van der Waals surface area (Å²) in [7, 11) is 0. The smallest absolute Gasteiger partial charge is 0.308 e. The Bertz CT molecular complexity index is 1890. The zero-order valence-corrected chi connectivity index (χ0v) is 43.7. The molecular formula is C53H87N3O19. The number of allylic oxidation sites excluding steroid dienone is 10. The Morgan fingerprint density at radius 3 is 1.92 bits per heavy atom. The van der Waals surface area contributed by atoms with Crippen LogP contribution in [-0.2, 0) is 38.0 Å². The minimum atomic E-state index is -2.33. The van der Waals surface area contributed by atoms with E-state index < -0.39 is 165 Å². The molecule has 0 aliphatic carbocycles. The van der Waals surface area contributed by atoms with E-state index in [2.05, 4.69) is 0 Å². The molecule has 1 amide bonds. The molecule has 23 atom stereocenters. The molecule has 4 rings (SSSR count). The van der Waals surface area contributed by atoms with E-state index in [0.717, 1.165) is 12.8 Å². The molecule has 3 saturated heterocycles. The molecule has 22 nitrogen and oxygen atoms in total. The van der Waals surface area contributed by atoms with Crippen molar-refractivity contribution in [3.8, 4) is 0 Å². The van der Waals surface area contributed by atoms with E-state index in [-0.39, 0.29) is 44.4 Å². The molecule has 0 aromatic heterocycles. The molecule has 0 aromatic carbocycles. The van der Waals surface area contributed by atoms with E-state index in [9.17, 15) is 65.8 Å². The molecule has 4 heterocycles. The van der Waals surface area contributed by atoms with Gasteiger partial charge in [-0.15, -0.1) is 0 Å². The van der Waals surface area contributed by atoms with Crippen LogP contribution < -0.4 is 17.0 Å². The molecule has 0 radical (unpaired) electrons. The van der Waals surface area contributed by atoms with E-state index in [1.165, 1.54) is 0 Å². The van der Waals surface area contributed by atoms with Gasteiger partial charge in [-0.05, 0) is 59.3 Å². The van der Waals surface area contributed by atoms with Crippen molar-refractivity contribution in [1.29, 1.82) is 0 Å². The molecule has 2 bridgehead atoms. The minimum Gasteiger partial charge on any atom is -0.462 e. The van der Waals surface area contributed by atoms with Crippen molar-refractivity contribution in [3.05, 3.63) is 72.9 Å². The number of nitrogens with two attached hydrogens (primary N) is 2. The van der Waals surface area contributed by atoms with Gasteiger partial charge in [0.05, 0.1) is 97.7 Å². The molecule has 428 valence electrons. The number of hydrogen-bond acceptors (Lipinski definition) is 21. The summed E-state index contributed by atoms with van der Waals surface area (Å²) in [6.45, 7) is 8.64. The molecular weight excluding hydrogens is 983 g/mol. The number of hydrogen-bond donors (Lipinski definition) is 14. The number of nitrogens with one attached hydrogen (secondary N) is 1. The molecule has 0 spiro atoms. The lowest BCUT2D eigenvalue weighted by atomic mass is 9.82.